The van der Waals surface area contributed by atoms with Gasteiger partial charge in [0.15, 0.2) is 0 Å². The third-order valence-electron chi connectivity index (χ3n) is 3.99. The predicted molar refractivity (Wildman–Crippen MR) is 82.5 cm³/mol. The summed E-state index contributed by atoms with van der Waals surface area (Å²) in [5.41, 5.74) is -0.501. The van der Waals surface area contributed by atoms with Gasteiger partial charge in [-0.05, 0) is 43.7 Å². The van der Waals surface area contributed by atoms with Crippen molar-refractivity contribution in [2.24, 2.45) is 0 Å². The largest absolute Gasteiger partial charge is 0.343 e. The van der Waals surface area contributed by atoms with Gasteiger partial charge in [-0.1, -0.05) is 29.3 Å². The first kappa shape index (κ1) is 15.9. The molecule has 0 saturated carbocycles. The molecule has 1 aliphatic rings. The molecule has 122 valence electrons. The summed E-state index contributed by atoms with van der Waals surface area (Å²) >= 11 is 0. The molecule has 0 radical (unpaired) electrons. The van der Waals surface area contributed by atoms with Crippen LogP contribution in [0.2, 0.25) is 0 Å². The molecule has 24 heavy (non-hydrogen) atoms. The first-order valence-electron chi connectivity index (χ1n) is 7.28. The molecule has 0 atom stereocenters. The monoisotopic (exact) mass is 327 g/mol. The second-order valence-corrected chi connectivity index (χ2v) is 5.96. The lowest BCUT2D eigenvalue weighted by atomic mass is 9.85. The zero-order valence-corrected chi connectivity index (χ0v) is 13.1. The van der Waals surface area contributed by atoms with Crippen molar-refractivity contribution in [1.29, 1.82) is 0 Å². The molecule has 6 heteroatoms. The summed E-state index contributed by atoms with van der Waals surface area (Å²) < 4.78 is 13.4. The third-order valence-corrected chi connectivity index (χ3v) is 3.99. The van der Waals surface area contributed by atoms with Crippen LogP contribution >= 0.6 is 0 Å². The van der Waals surface area contributed by atoms with Crippen LogP contribution in [0.25, 0.3) is 0 Å². The number of halogens is 1. The standard InChI is InChI=1S/C18H14FNO4/c1-18(2,11-6-5-7-12(19)10-11)17(23)24-20-15(21)13-8-3-4-9-14(13)16(20)22/h3-10H,1-2H3. The summed E-state index contributed by atoms with van der Waals surface area (Å²) in [5.74, 6) is -2.71. The van der Waals surface area contributed by atoms with Gasteiger partial charge in [-0.3, -0.25) is 9.59 Å². The van der Waals surface area contributed by atoms with E-state index in [-0.39, 0.29) is 11.1 Å². The van der Waals surface area contributed by atoms with E-state index in [1.807, 2.05) is 0 Å². The van der Waals surface area contributed by atoms with Crippen LogP contribution in [0.4, 0.5) is 4.39 Å². The average Bonchev–Trinajstić information content (AvgIpc) is 2.80. The third kappa shape index (κ3) is 2.46. The second-order valence-electron chi connectivity index (χ2n) is 5.96. The highest BCUT2D eigenvalue weighted by molar-refractivity contribution is 6.21. The van der Waals surface area contributed by atoms with Crippen molar-refractivity contribution in [3.63, 3.8) is 0 Å². The van der Waals surface area contributed by atoms with Gasteiger partial charge < -0.3 is 4.84 Å². The van der Waals surface area contributed by atoms with Crippen molar-refractivity contribution < 1.29 is 23.6 Å². The van der Waals surface area contributed by atoms with E-state index < -0.39 is 29.0 Å². The molecule has 2 aromatic carbocycles. The summed E-state index contributed by atoms with van der Waals surface area (Å²) in [6.45, 7) is 3.06. The maximum Gasteiger partial charge on any atom is 0.343 e. The van der Waals surface area contributed by atoms with Crippen LogP contribution in [0.1, 0.15) is 40.1 Å². The molecule has 1 heterocycles. The number of fused-ring (bicyclic) bond motifs is 1. The molecular formula is C18H14FNO4. The van der Waals surface area contributed by atoms with Gasteiger partial charge >= 0.3 is 5.97 Å². The number of nitrogens with zero attached hydrogens (tertiary/aromatic N) is 1. The van der Waals surface area contributed by atoms with Gasteiger partial charge in [-0.25, -0.2) is 9.18 Å². The highest BCUT2D eigenvalue weighted by Gasteiger charge is 2.42. The highest BCUT2D eigenvalue weighted by atomic mass is 19.1. The molecular weight excluding hydrogens is 313 g/mol. The van der Waals surface area contributed by atoms with Crippen molar-refractivity contribution in [1.82, 2.24) is 5.06 Å². The number of hydroxylamine groups is 2. The molecule has 1 aliphatic heterocycles. The van der Waals surface area contributed by atoms with E-state index in [1.54, 1.807) is 18.2 Å². The Kier molecular flexibility index (Phi) is 3.67. The van der Waals surface area contributed by atoms with Crippen LogP contribution in [0, 0.1) is 5.82 Å². The quantitative estimate of drug-likeness (QED) is 0.813. The summed E-state index contributed by atoms with van der Waals surface area (Å²) in [6, 6.07) is 11.7. The number of hydrogen-bond acceptors (Lipinski definition) is 4. The SMILES string of the molecule is CC(C)(C(=O)ON1C(=O)c2ccccc2C1=O)c1cccc(F)c1. The fraction of sp³-hybridized carbons (Fsp3) is 0.167. The summed E-state index contributed by atoms with van der Waals surface area (Å²) in [5, 5.41) is 0.452. The van der Waals surface area contributed by atoms with Gasteiger partial charge in [0.05, 0.1) is 16.5 Å². The number of benzene rings is 2. The van der Waals surface area contributed by atoms with Crippen LogP contribution in [-0.2, 0) is 15.0 Å². The van der Waals surface area contributed by atoms with Crippen LogP contribution in [-0.4, -0.2) is 22.8 Å². The lowest BCUT2D eigenvalue weighted by Crippen LogP contribution is -2.40. The molecule has 2 aromatic rings. The Morgan fingerprint density at radius 3 is 2.12 bits per heavy atom. The van der Waals surface area contributed by atoms with Crippen molar-refractivity contribution in [3.05, 3.63) is 71.0 Å². The number of hydrogen-bond donors (Lipinski definition) is 0. The predicted octanol–water partition coefficient (Wildman–Crippen LogP) is 2.86. The maximum absolute atomic E-state index is 13.4. The van der Waals surface area contributed by atoms with Crippen molar-refractivity contribution in [2.75, 3.05) is 0 Å². The number of carbonyl (C=O) groups excluding carboxylic acids is 3. The normalized spacial score (nSPS) is 13.9. The van der Waals surface area contributed by atoms with Gasteiger partial charge in [0.1, 0.15) is 5.82 Å². The molecule has 0 bridgehead atoms. The average molecular weight is 327 g/mol. The first-order valence-corrected chi connectivity index (χ1v) is 7.28. The number of amides is 2. The van der Waals surface area contributed by atoms with Crippen molar-refractivity contribution in [2.45, 2.75) is 19.3 Å². The zero-order valence-electron chi connectivity index (χ0n) is 13.1. The number of rotatable bonds is 3. The highest BCUT2D eigenvalue weighted by Crippen LogP contribution is 2.28. The Morgan fingerprint density at radius 2 is 1.58 bits per heavy atom. The molecule has 0 spiro atoms. The smallest absolute Gasteiger partial charge is 0.329 e. The van der Waals surface area contributed by atoms with E-state index >= 15 is 0 Å². The van der Waals surface area contributed by atoms with E-state index in [0.717, 1.165) is 0 Å². The minimum Gasteiger partial charge on any atom is -0.329 e. The minimum atomic E-state index is -1.24. The van der Waals surface area contributed by atoms with Crippen LogP contribution in [0.5, 0.6) is 0 Å². The fourth-order valence-electron chi connectivity index (χ4n) is 2.44. The van der Waals surface area contributed by atoms with E-state index in [4.69, 9.17) is 4.84 Å². The molecule has 0 N–H and O–H groups in total. The van der Waals surface area contributed by atoms with E-state index in [0.29, 0.717) is 10.6 Å². The Morgan fingerprint density at radius 1 is 1.00 bits per heavy atom. The Balaban J connectivity index is 1.85. The Bertz CT molecular complexity index is 825. The Labute approximate surface area is 137 Å². The van der Waals surface area contributed by atoms with Crippen molar-refractivity contribution in [3.8, 4) is 0 Å². The Hall–Kier alpha value is -3.02. The fourth-order valence-corrected chi connectivity index (χ4v) is 2.44. The number of imide groups is 1. The zero-order chi connectivity index (χ0) is 17.5. The molecule has 0 aliphatic carbocycles. The van der Waals surface area contributed by atoms with Crippen LogP contribution in [0.3, 0.4) is 0 Å². The van der Waals surface area contributed by atoms with Crippen LogP contribution in [0.15, 0.2) is 48.5 Å². The summed E-state index contributed by atoms with van der Waals surface area (Å²) in [7, 11) is 0. The minimum absolute atomic E-state index is 0.180. The molecule has 0 unspecified atom stereocenters. The van der Waals surface area contributed by atoms with Gasteiger partial charge in [0.25, 0.3) is 11.8 Å². The summed E-state index contributed by atoms with van der Waals surface area (Å²) in [6.07, 6.45) is 0. The lowest BCUT2D eigenvalue weighted by Gasteiger charge is -2.24. The van der Waals surface area contributed by atoms with E-state index in [2.05, 4.69) is 0 Å². The van der Waals surface area contributed by atoms with Gasteiger partial charge in [-0.15, -0.1) is 0 Å². The topological polar surface area (TPSA) is 63.7 Å². The summed E-state index contributed by atoms with van der Waals surface area (Å²) in [4.78, 5) is 42.0. The second kappa shape index (κ2) is 5.56. The van der Waals surface area contributed by atoms with Crippen molar-refractivity contribution >= 4 is 17.8 Å². The van der Waals surface area contributed by atoms with E-state index in [1.165, 1.54) is 44.2 Å². The molecule has 0 fully saturated rings. The molecule has 0 aromatic heterocycles. The van der Waals surface area contributed by atoms with Gasteiger partial charge in [-0.2, -0.15) is 0 Å². The van der Waals surface area contributed by atoms with Gasteiger partial charge in [0.2, 0.25) is 0 Å². The maximum atomic E-state index is 13.4. The number of carbonyl (C=O) groups is 3. The van der Waals surface area contributed by atoms with Crippen LogP contribution < -0.4 is 0 Å². The lowest BCUT2D eigenvalue weighted by molar-refractivity contribution is -0.174. The molecule has 2 amide bonds. The van der Waals surface area contributed by atoms with Gasteiger partial charge in [0, 0.05) is 0 Å². The first-order chi connectivity index (χ1) is 11.3. The molecule has 5 nitrogen and oxygen atoms in total. The molecule has 0 saturated heterocycles. The van der Waals surface area contributed by atoms with E-state index in [9.17, 15) is 18.8 Å². The molecule has 3 rings (SSSR count).